The van der Waals surface area contributed by atoms with Crippen LogP contribution in [0.1, 0.15) is 47.6 Å². The number of carbonyl (C=O) groups is 2. The van der Waals surface area contributed by atoms with Gasteiger partial charge in [0.15, 0.2) is 0 Å². The van der Waals surface area contributed by atoms with E-state index in [2.05, 4.69) is 5.32 Å². The minimum Gasteiger partial charge on any atom is -0.465 e. The quantitative estimate of drug-likeness (QED) is 0.730. The van der Waals surface area contributed by atoms with Gasteiger partial charge in [0.2, 0.25) is 0 Å². The number of urea groups is 1. The smallest absolute Gasteiger partial charge is 0.337 e. The van der Waals surface area contributed by atoms with Crippen molar-refractivity contribution in [1.29, 1.82) is 0 Å². The predicted molar refractivity (Wildman–Crippen MR) is 106 cm³/mol. The van der Waals surface area contributed by atoms with E-state index in [1.807, 2.05) is 29.2 Å². The van der Waals surface area contributed by atoms with Crippen molar-refractivity contribution in [3.05, 3.63) is 64.7 Å². The number of methoxy groups -OCH3 is 1. The number of carbonyl (C=O) groups excluding carboxylic acids is 2. The van der Waals surface area contributed by atoms with Crippen LogP contribution >= 0.6 is 11.6 Å². The van der Waals surface area contributed by atoms with Gasteiger partial charge in [-0.3, -0.25) is 0 Å². The number of hydrogen-bond acceptors (Lipinski definition) is 3. The number of benzene rings is 2. The van der Waals surface area contributed by atoms with Gasteiger partial charge in [0.1, 0.15) is 0 Å². The van der Waals surface area contributed by atoms with Crippen LogP contribution < -0.4 is 5.32 Å². The highest BCUT2D eigenvalue weighted by atomic mass is 35.5. The molecule has 1 unspecified atom stereocenters. The van der Waals surface area contributed by atoms with Crippen LogP contribution in [0.4, 0.5) is 10.5 Å². The van der Waals surface area contributed by atoms with Gasteiger partial charge in [0.05, 0.1) is 18.7 Å². The van der Waals surface area contributed by atoms with E-state index in [0.717, 1.165) is 31.2 Å². The van der Waals surface area contributed by atoms with Gasteiger partial charge in [-0.25, -0.2) is 9.59 Å². The molecule has 3 rings (SSSR count). The number of hydrogen-bond donors (Lipinski definition) is 1. The van der Waals surface area contributed by atoms with Gasteiger partial charge in [-0.1, -0.05) is 36.6 Å². The molecule has 5 nitrogen and oxygen atoms in total. The summed E-state index contributed by atoms with van der Waals surface area (Å²) in [6.07, 6.45) is 4.11. The van der Waals surface area contributed by atoms with Crippen LogP contribution in [0.25, 0.3) is 0 Å². The SMILES string of the molecule is COC(=O)c1ccc(NC(=O)N2CCCCCC2c2ccc(Cl)cc2)cc1. The molecular formula is C21H23ClN2O3. The Bertz CT molecular complexity index is 790. The predicted octanol–water partition coefficient (Wildman–Crippen LogP) is 5.28. The molecule has 2 aromatic carbocycles. The first-order chi connectivity index (χ1) is 13.1. The zero-order valence-electron chi connectivity index (χ0n) is 15.3. The molecule has 2 amide bonds. The summed E-state index contributed by atoms with van der Waals surface area (Å²) in [5, 5.41) is 3.63. The van der Waals surface area contributed by atoms with E-state index >= 15 is 0 Å². The number of halogens is 1. The molecule has 2 aromatic rings. The molecule has 0 aliphatic carbocycles. The summed E-state index contributed by atoms with van der Waals surface area (Å²) in [6.45, 7) is 0.708. The summed E-state index contributed by atoms with van der Waals surface area (Å²) in [7, 11) is 1.34. The molecule has 1 fully saturated rings. The third-order valence-corrected chi connectivity index (χ3v) is 5.08. The zero-order valence-corrected chi connectivity index (χ0v) is 16.0. The van der Waals surface area contributed by atoms with E-state index in [-0.39, 0.29) is 12.1 Å². The number of amides is 2. The molecule has 0 radical (unpaired) electrons. The number of anilines is 1. The minimum absolute atomic E-state index is 0.0270. The lowest BCUT2D eigenvalue weighted by Crippen LogP contribution is -2.38. The van der Waals surface area contributed by atoms with Crippen molar-refractivity contribution in [2.75, 3.05) is 19.0 Å². The van der Waals surface area contributed by atoms with Crippen LogP contribution in [0, 0.1) is 0 Å². The minimum atomic E-state index is -0.400. The van der Waals surface area contributed by atoms with Crippen LogP contribution in [-0.4, -0.2) is 30.6 Å². The number of likely N-dealkylation sites (tertiary alicyclic amines) is 1. The van der Waals surface area contributed by atoms with Crippen molar-refractivity contribution in [2.24, 2.45) is 0 Å². The van der Waals surface area contributed by atoms with E-state index in [1.54, 1.807) is 24.3 Å². The molecule has 1 N–H and O–H groups in total. The van der Waals surface area contributed by atoms with Crippen molar-refractivity contribution in [1.82, 2.24) is 4.90 Å². The molecule has 0 aromatic heterocycles. The maximum absolute atomic E-state index is 12.9. The Morgan fingerprint density at radius 1 is 1.04 bits per heavy atom. The summed E-state index contributed by atoms with van der Waals surface area (Å²) in [6, 6.07) is 14.3. The number of ether oxygens (including phenoxy) is 1. The lowest BCUT2D eigenvalue weighted by molar-refractivity contribution is 0.0600. The topological polar surface area (TPSA) is 58.6 Å². The van der Waals surface area contributed by atoms with Crippen LogP contribution in [0.3, 0.4) is 0 Å². The number of nitrogens with one attached hydrogen (secondary N) is 1. The average Bonchev–Trinajstić information content (AvgIpc) is 2.95. The Labute approximate surface area is 164 Å². The Balaban J connectivity index is 1.75. The lowest BCUT2D eigenvalue weighted by atomic mass is 10.0. The third-order valence-electron chi connectivity index (χ3n) is 4.83. The van der Waals surface area contributed by atoms with Crippen LogP contribution in [0.2, 0.25) is 5.02 Å². The van der Waals surface area contributed by atoms with E-state index in [1.165, 1.54) is 7.11 Å². The Morgan fingerprint density at radius 3 is 2.41 bits per heavy atom. The van der Waals surface area contributed by atoms with Crippen molar-refractivity contribution in [3.63, 3.8) is 0 Å². The van der Waals surface area contributed by atoms with Gasteiger partial charge >= 0.3 is 12.0 Å². The molecule has 1 heterocycles. The second kappa shape index (κ2) is 8.91. The van der Waals surface area contributed by atoms with Gasteiger partial charge in [-0.2, -0.15) is 0 Å². The van der Waals surface area contributed by atoms with E-state index < -0.39 is 5.97 Å². The number of esters is 1. The van der Waals surface area contributed by atoms with Gasteiger partial charge in [0.25, 0.3) is 0 Å². The average molecular weight is 387 g/mol. The first kappa shape index (κ1) is 19.2. The molecule has 6 heteroatoms. The lowest BCUT2D eigenvalue weighted by Gasteiger charge is -2.30. The fraction of sp³-hybridized carbons (Fsp3) is 0.333. The Morgan fingerprint density at radius 2 is 1.74 bits per heavy atom. The molecule has 27 heavy (non-hydrogen) atoms. The molecule has 1 atom stereocenters. The van der Waals surface area contributed by atoms with Crippen molar-refractivity contribution < 1.29 is 14.3 Å². The normalized spacial score (nSPS) is 17.1. The summed E-state index contributed by atoms with van der Waals surface area (Å²) >= 11 is 6.01. The highest BCUT2D eigenvalue weighted by molar-refractivity contribution is 6.30. The third kappa shape index (κ3) is 4.80. The molecule has 0 spiro atoms. The standard InChI is InChI=1S/C21H23ClN2O3/c1-27-20(25)16-8-12-18(13-9-16)23-21(26)24-14-4-2-3-5-19(24)15-6-10-17(22)11-7-15/h6-13,19H,2-5,14H2,1H3,(H,23,26). The van der Waals surface area contributed by atoms with Gasteiger partial charge in [0, 0.05) is 17.3 Å². The monoisotopic (exact) mass is 386 g/mol. The molecule has 1 saturated heterocycles. The van der Waals surface area contributed by atoms with Gasteiger partial charge < -0.3 is 15.0 Å². The molecule has 1 aliphatic rings. The van der Waals surface area contributed by atoms with Crippen molar-refractivity contribution in [2.45, 2.75) is 31.7 Å². The summed E-state index contributed by atoms with van der Waals surface area (Å²) in [5.74, 6) is -0.400. The Hall–Kier alpha value is -2.53. The van der Waals surface area contributed by atoms with Crippen molar-refractivity contribution >= 4 is 29.3 Å². The zero-order chi connectivity index (χ0) is 19.2. The van der Waals surface area contributed by atoms with Crippen molar-refractivity contribution in [3.8, 4) is 0 Å². The first-order valence-corrected chi connectivity index (χ1v) is 9.48. The summed E-state index contributed by atoms with van der Waals surface area (Å²) < 4.78 is 4.69. The number of rotatable bonds is 3. The molecule has 1 aliphatic heterocycles. The van der Waals surface area contributed by atoms with E-state index in [0.29, 0.717) is 22.8 Å². The maximum atomic E-state index is 12.9. The summed E-state index contributed by atoms with van der Waals surface area (Å²) in [5.41, 5.74) is 2.19. The van der Waals surface area contributed by atoms with Crippen LogP contribution in [-0.2, 0) is 4.74 Å². The second-order valence-electron chi connectivity index (χ2n) is 6.61. The van der Waals surface area contributed by atoms with Crippen LogP contribution in [0.15, 0.2) is 48.5 Å². The van der Waals surface area contributed by atoms with E-state index in [4.69, 9.17) is 16.3 Å². The largest absolute Gasteiger partial charge is 0.465 e. The first-order valence-electron chi connectivity index (χ1n) is 9.10. The highest BCUT2D eigenvalue weighted by Crippen LogP contribution is 2.31. The molecular weight excluding hydrogens is 364 g/mol. The molecule has 142 valence electrons. The number of nitrogens with zero attached hydrogens (tertiary/aromatic N) is 1. The fourth-order valence-electron chi connectivity index (χ4n) is 3.39. The van der Waals surface area contributed by atoms with Crippen LogP contribution in [0.5, 0.6) is 0 Å². The van der Waals surface area contributed by atoms with Gasteiger partial charge in [-0.05, 0) is 54.8 Å². The fourth-order valence-corrected chi connectivity index (χ4v) is 3.51. The Kier molecular flexibility index (Phi) is 6.35. The summed E-state index contributed by atoms with van der Waals surface area (Å²) in [4.78, 5) is 26.4. The maximum Gasteiger partial charge on any atom is 0.337 e. The second-order valence-corrected chi connectivity index (χ2v) is 7.05. The van der Waals surface area contributed by atoms with E-state index in [9.17, 15) is 9.59 Å². The highest BCUT2D eigenvalue weighted by Gasteiger charge is 2.26. The van der Waals surface area contributed by atoms with Gasteiger partial charge in [-0.15, -0.1) is 0 Å². The molecule has 0 saturated carbocycles. The molecule has 0 bridgehead atoms.